The predicted molar refractivity (Wildman–Crippen MR) is 77.4 cm³/mol. The van der Waals surface area contributed by atoms with Gasteiger partial charge in [0.25, 0.3) is 5.69 Å². The average molecular weight is 294 g/mol. The second kappa shape index (κ2) is 7.98. The van der Waals surface area contributed by atoms with Crippen LogP contribution in [0.25, 0.3) is 0 Å². The van der Waals surface area contributed by atoms with Crippen molar-refractivity contribution in [2.75, 3.05) is 5.32 Å². The summed E-state index contributed by atoms with van der Waals surface area (Å²) in [6, 6.07) is 3.31. The van der Waals surface area contributed by atoms with E-state index in [9.17, 15) is 19.7 Å². The lowest BCUT2D eigenvalue weighted by Gasteiger charge is -2.06. The number of carbonyl (C=O) groups is 2. The summed E-state index contributed by atoms with van der Waals surface area (Å²) in [4.78, 5) is 32.7. The van der Waals surface area contributed by atoms with E-state index in [4.69, 9.17) is 5.11 Å². The first-order valence-corrected chi connectivity index (χ1v) is 6.76. The van der Waals surface area contributed by atoms with Gasteiger partial charge in [-0.05, 0) is 12.5 Å². The summed E-state index contributed by atoms with van der Waals surface area (Å²) in [5, 5.41) is 22.2. The molecule has 1 aromatic carbocycles. The number of carboxylic acids is 1. The van der Waals surface area contributed by atoms with Gasteiger partial charge in [-0.3, -0.25) is 14.9 Å². The van der Waals surface area contributed by atoms with E-state index >= 15 is 0 Å². The van der Waals surface area contributed by atoms with Gasteiger partial charge in [0, 0.05) is 24.2 Å². The maximum absolute atomic E-state index is 11.7. The molecule has 0 aliphatic heterocycles. The molecule has 0 aliphatic rings. The van der Waals surface area contributed by atoms with Gasteiger partial charge >= 0.3 is 5.97 Å². The number of amides is 1. The minimum absolute atomic E-state index is 0.127. The molecule has 0 heterocycles. The molecule has 7 heteroatoms. The molecule has 0 radical (unpaired) electrons. The number of non-ortho nitro benzene ring substituents is 1. The van der Waals surface area contributed by atoms with E-state index in [1.165, 1.54) is 6.07 Å². The Balaban J connectivity index is 2.75. The fourth-order valence-electron chi connectivity index (χ4n) is 1.85. The summed E-state index contributed by atoms with van der Waals surface area (Å²) in [5.74, 6) is -1.56. The van der Waals surface area contributed by atoms with Crippen LogP contribution in [0.2, 0.25) is 0 Å². The van der Waals surface area contributed by atoms with E-state index in [-0.39, 0.29) is 22.8 Å². The van der Waals surface area contributed by atoms with Crippen LogP contribution in [0.15, 0.2) is 18.2 Å². The van der Waals surface area contributed by atoms with Gasteiger partial charge in [0.15, 0.2) is 0 Å². The predicted octanol–water partition coefficient (Wildman–Crippen LogP) is 3.20. The van der Waals surface area contributed by atoms with Crippen molar-refractivity contribution in [1.29, 1.82) is 0 Å². The molecule has 2 N–H and O–H groups in total. The van der Waals surface area contributed by atoms with E-state index in [1.54, 1.807) is 0 Å². The van der Waals surface area contributed by atoms with Gasteiger partial charge in [-0.25, -0.2) is 4.79 Å². The number of nitro benzene ring substituents is 1. The van der Waals surface area contributed by atoms with Gasteiger partial charge in [-0.1, -0.05) is 26.2 Å². The van der Waals surface area contributed by atoms with E-state index in [2.05, 4.69) is 12.2 Å². The van der Waals surface area contributed by atoms with Gasteiger partial charge in [0.05, 0.1) is 10.5 Å². The van der Waals surface area contributed by atoms with Crippen molar-refractivity contribution in [3.63, 3.8) is 0 Å². The van der Waals surface area contributed by atoms with Crippen LogP contribution < -0.4 is 5.32 Å². The standard InChI is InChI=1S/C14H18N2O5/c1-2-3-4-5-6-13(17)15-11-7-10(14(18)19)8-12(9-11)16(20)21/h7-9H,2-6H2,1H3,(H,15,17)(H,18,19). The normalized spacial score (nSPS) is 10.1. The summed E-state index contributed by atoms with van der Waals surface area (Å²) in [7, 11) is 0. The van der Waals surface area contributed by atoms with Gasteiger partial charge in [-0.15, -0.1) is 0 Å². The van der Waals surface area contributed by atoms with Crippen LogP contribution in [0, 0.1) is 10.1 Å². The largest absolute Gasteiger partial charge is 0.478 e. The second-order valence-corrected chi connectivity index (χ2v) is 4.69. The molecule has 0 bridgehead atoms. The monoisotopic (exact) mass is 294 g/mol. The smallest absolute Gasteiger partial charge is 0.336 e. The fraction of sp³-hybridized carbons (Fsp3) is 0.429. The Kier molecular flexibility index (Phi) is 6.32. The van der Waals surface area contributed by atoms with E-state index in [1.807, 2.05) is 0 Å². The van der Waals surface area contributed by atoms with E-state index in [0.29, 0.717) is 6.42 Å². The highest BCUT2D eigenvalue weighted by Gasteiger charge is 2.14. The SMILES string of the molecule is CCCCCCC(=O)Nc1cc(C(=O)O)cc([N+](=O)[O-])c1. The van der Waals surface area contributed by atoms with Crippen LogP contribution in [0.4, 0.5) is 11.4 Å². The summed E-state index contributed by atoms with van der Waals surface area (Å²) in [6.45, 7) is 2.07. The molecule has 0 atom stereocenters. The Hall–Kier alpha value is -2.44. The number of hydrogen-bond donors (Lipinski definition) is 2. The molecule has 0 saturated heterocycles. The lowest BCUT2D eigenvalue weighted by Crippen LogP contribution is -2.12. The number of unbranched alkanes of at least 4 members (excludes halogenated alkanes) is 3. The number of benzene rings is 1. The van der Waals surface area contributed by atoms with Crippen molar-refractivity contribution in [3.8, 4) is 0 Å². The number of anilines is 1. The van der Waals surface area contributed by atoms with Gasteiger partial charge < -0.3 is 10.4 Å². The highest BCUT2D eigenvalue weighted by molar-refractivity contribution is 5.94. The highest BCUT2D eigenvalue weighted by atomic mass is 16.6. The van der Waals surface area contributed by atoms with Crippen molar-refractivity contribution in [2.24, 2.45) is 0 Å². The molecule has 0 fully saturated rings. The number of rotatable bonds is 8. The van der Waals surface area contributed by atoms with E-state index < -0.39 is 10.9 Å². The molecule has 0 unspecified atom stereocenters. The van der Waals surface area contributed by atoms with Crippen LogP contribution in [0.5, 0.6) is 0 Å². The molecule has 1 rings (SSSR count). The van der Waals surface area contributed by atoms with Crippen LogP contribution >= 0.6 is 0 Å². The zero-order chi connectivity index (χ0) is 15.8. The molecule has 0 aromatic heterocycles. The van der Waals surface area contributed by atoms with Crippen LogP contribution in [-0.2, 0) is 4.79 Å². The maximum Gasteiger partial charge on any atom is 0.336 e. The number of carboxylic acid groups (broad SMARTS) is 1. The molecule has 0 spiro atoms. The molecule has 21 heavy (non-hydrogen) atoms. The van der Waals surface area contributed by atoms with Crippen LogP contribution in [0.3, 0.4) is 0 Å². The number of nitrogens with zero attached hydrogens (tertiary/aromatic N) is 1. The van der Waals surface area contributed by atoms with E-state index in [0.717, 1.165) is 37.8 Å². The molecular weight excluding hydrogens is 276 g/mol. The highest BCUT2D eigenvalue weighted by Crippen LogP contribution is 2.21. The van der Waals surface area contributed by atoms with Crippen molar-refractivity contribution in [3.05, 3.63) is 33.9 Å². The molecule has 1 aromatic rings. The summed E-state index contributed by atoms with van der Waals surface area (Å²) >= 11 is 0. The Labute approximate surface area is 122 Å². The molecule has 114 valence electrons. The molecule has 0 aliphatic carbocycles. The van der Waals surface area contributed by atoms with Crippen LogP contribution in [0.1, 0.15) is 49.4 Å². The third-order valence-electron chi connectivity index (χ3n) is 2.92. The third kappa shape index (κ3) is 5.60. The third-order valence-corrected chi connectivity index (χ3v) is 2.92. The topological polar surface area (TPSA) is 110 Å². The molecule has 0 saturated carbocycles. The fourth-order valence-corrected chi connectivity index (χ4v) is 1.85. The minimum Gasteiger partial charge on any atom is -0.478 e. The first-order chi connectivity index (χ1) is 9.93. The Morgan fingerprint density at radius 3 is 2.52 bits per heavy atom. The number of carbonyl (C=O) groups excluding carboxylic acids is 1. The maximum atomic E-state index is 11.7. The molecular formula is C14H18N2O5. The zero-order valence-corrected chi connectivity index (χ0v) is 11.8. The Morgan fingerprint density at radius 1 is 1.24 bits per heavy atom. The van der Waals surface area contributed by atoms with Crippen molar-refractivity contribution < 1.29 is 19.6 Å². The number of nitrogens with one attached hydrogen (secondary N) is 1. The number of aromatic carboxylic acids is 1. The average Bonchev–Trinajstić information content (AvgIpc) is 2.43. The van der Waals surface area contributed by atoms with Gasteiger partial charge in [0.2, 0.25) is 5.91 Å². The number of nitro groups is 1. The first kappa shape index (κ1) is 16.6. The van der Waals surface area contributed by atoms with Crippen molar-refractivity contribution in [1.82, 2.24) is 0 Å². The lowest BCUT2D eigenvalue weighted by molar-refractivity contribution is -0.384. The summed E-state index contributed by atoms with van der Waals surface area (Å²) in [5.41, 5.74) is -0.469. The van der Waals surface area contributed by atoms with Gasteiger partial charge in [-0.2, -0.15) is 0 Å². The summed E-state index contributed by atoms with van der Waals surface area (Å²) in [6.07, 6.45) is 4.10. The van der Waals surface area contributed by atoms with Crippen LogP contribution in [-0.4, -0.2) is 21.9 Å². The Bertz CT molecular complexity index is 510. The minimum atomic E-state index is -1.28. The van der Waals surface area contributed by atoms with Crippen molar-refractivity contribution >= 4 is 23.3 Å². The lowest BCUT2D eigenvalue weighted by atomic mass is 10.1. The first-order valence-electron chi connectivity index (χ1n) is 6.76. The second-order valence-electron chi connectivity index (χ2n) is 4.69. The molecule has 1 amide bonds. The summed E-state index contributed by atoms with van der Waals surface area (Å²) < 4.78 is 0. The zero-order valence-electron chi connectivity index (χ0n) is 11.8. The quantitative estimate of drug-likeness (QED) is 0.434. The van der Waals surface area contributed by atoms with Gasteiger partial charge in [0.1, 0.15) is 0 Å². The van der Waals surface area contributed by atoms with Crippen molar-refractivity contribution in [2.45, 2.75) is 39.0 Å². The molecule has 7 nitrogen and oxygen atoms in total. The Morgan fingerprint density at radius 2 is 1.95 bits per heavy atom. The number of hydrogen-bond acceptors (Lipinski definition) is 4.